The highest BCUT2D eigenvalue weighted by Crippen LogP contribution is 2.21. The number of hydrogen-bond donors (Lipinski definition) is 3. The van der Waals surface area contributed by atoms with Crippen molar-refractivity contribution in [3.05, 3.63) is 29.8 Å². The normalized spacial score (nSPS) is 16.1. The topological polar surface area (TPSA) is 117 Å². The van der Waals surface area contributed by atoms with Gasteiger partial charge >= 0.3 is 6.09 Å². The predicted octanol–water partition coefficient (Wildman–Crippen LogP) is 4.25. The lowest BCUT2D eigenvalue weighted by atomic mass is 9.93. The number of ether oxygens (including phenoxy) is 1. The summed E-state index contributed by atoms with van der Waals surface area (Å²) in [6, 6.07) is 6.15. The lowest BCUT2D eigenvalue weighted by molar-refractivity contribution is -0.138. The number of aryl methyl sites for hydroxylation is 1. The molecule has 1 aromatic rings. The van der Waals surface area contributed by atoms with Crippen LogP contribution in [0.4, 0.5) is 10.5 Å². The molecule has 38 heavy (non-hydrogen) atoms. The van der Waals surface area contributed by atoms with Gasteiger partial charge in [-0.25, -0.2) is 4.79 Å². The standard InChI is InChI=1S/C29H46N4O5/c1-18(2)17-23(31-28(37)38-29(6,7)8)27(36)33-15-13-21(14-16-33)25(34)32-24(19(3)4)26(35)30-22-11-9-20(5)10-12-22/h9-12,18-19,21,23-24H,13-17H2,1-8H3,(H,30,35)(H,31,37)(H,32,34)/t23-,24-/m0/s1. The van der Waals surface area contributed by atoms with Crippen LogP contribution in [0.3, 0.4) is 0 Å². The van der Waals surface area contributed by atoms with E-state index in [1.807, 2.05) is 58.9 Å². The molecule has 0 aliphatic carbocycles. The third kappa shape index (κ3) is 9.99. The number of likely N-dealkylation sites (tertiary alicyclic amines) is 1. The summed E-state index contributed by atoms with van der Waals surface area (Å²) in [5, 5.41) is 8.55. The smallest absolute Gasteiger partial charge is 0.408 e. The first-order valence-corrected chi connectivity index (χ1v) is 13.6. The molecule has 1 aliphatic heterocycles. The molecule has 9 heteroatoms. The number of anilines is 1. The van der Waals surface area contributed by atoms with Crippen LogP contribution in [0.2, 0.25) is 0 Å². The van der Waals surface area contributed by atoms with Crippen LogP contribution >= 0.6 is 0 Å². The highest BCUT2D eigenvalue weighted by atomic mass is 16.6. The Balaban J connectivity index is 1.95. The van der Waals surface area contributed by atoms with Crippen molar-refractivity contribution >= 4 is 29.5 Å². The number of carbonyl (C=O) groups is 4. The van der Waals surface area contributed by atoms with Gasteiger partial charge in [-0.2, -0.15) is 0 Å². The van der Waals surface area contributed by atoms with Crippen LogP contribution in [0.5, 0.6) is 0 Å². The zero-order valence-corrected chi connectivity index (χ0v) is 24.2. The number of carbonyl (C=O) groups excluding carboxylic acids is 4. The van der Waals surface area contributed by atoms with E-state index >= 15 is 0 Å². The number of piperidine rings is 1. The lowest BCUT2D eigenvalue weighted by Gasteiger charge is -2.35. The monoisotopic (exact) mass is 530 g/mol. The van der Waals surface area contributed by atoms with Gasteiger partial charge in [-0.1, -0.05) is 45.4 Å². The Hall–Kier alpha value is -3.10. The van der Waals surface area contributed by atoms with Gasteiger partial charge in [-0.05, 0) is 70.9 Å². The zero-order chi connectivity index (χ0) is 28.6. The molecular formula is C29H46N4O5. The van der Waals surface area contributed by atoms with E-state index < -0.39 is 23.8 Å². The molecule has 2 rings (SSSR count). The third-order valence-corrected chi connectivity index (χ3v) is 6.44. The molecule has 0 bridgehead atoms. The number of nitrogens with one attached hydrogen (secondary N) is 3. The summed E-state index contributed by atoms with van der Waals surface area (Å²) in [5.74, 6) is -0.797. The molecular weight excluding hydrogens is 484 g/mol. The Morgan fingerprint density at radius 1 is 0.974 bits per heavy atom. The van der Waals surface area contributed by atoms with Gasteiger partial charge in [-0.3, -0.25) is 14.4 Å². The van der Waals surface area contributed by atoms with Gasteiger partial charge in [0, 0.05) is 24.7 Å². The Bertz CT molecular complexity index is 960. The van der Waals surface area contributed by atoms with Gasteiger partial charge in [-0.15, -0.1) is 0 Å². The summed E-state index contributed by atoms with van der Waals surface area (Å²) in [6.07, 6.45) is 0.852. The Morgan fingerprint density at radius 3 is 2.05 bits per heavy atom. The van der Waals surface area contributed by atoms with E-state index in [-0.39, 0.29) is 35.5 Å². The first-order valence-electron chi connectivity index (χ1n) is 13.6. The second-order valence-corrected chi connectivity index (χ2v) is 12.0. The third-order valence-electron chi connectivity index (χ3n) is 6.44. The van der Waals surface area contributed by atoms with E-state index in [1.54, 1.807) is 25.7 Å². The minimum absolute atomic E-state index is 0.0956. The summed E-state index contributed by atoms with van der Waals surface area (Å²) in [6.45, 7) is 15.9. The zero-order valence-electron chi connectivity index (χ0n) is 24.2. The fourth-order valence-electron chi connectivity index (χ4n) is 4.39. The van der Waals surface area contributed by atoms with E-state index in [9.17, 15) is 19.2 Å². The molecule has 0 aromatic heterocycles. The molecule has 212 valence electrons. The molecule has 0 spiro atoms. The number of amides is 4. The molecule has 3 N–H and O–H groups in total. The van der Waals surface area contributed by atoms with E-state index in [2.05, 4.69) is 16.0 Å². The Kier molecular flexibility index (Phi) is 11.2. The molecule has 1 aromatic carbocycles. The van der Waals surface area contributed by atoms with Crippen LogP contribution in [0.15, 0.2) is 24.3 Å². The van der Waals surface area contributed by atoms with E-state index in [1.165, 1.54) is 0 Å². The van der Waals surface area contributed by atoms with E-state index in [0.29, 0.717) is 38.0 Å². The number of nitrogens with zero attached hydrogens (tertiary/aromatic N) is 1. The van der Waals surface area contributed by atoms with Crippen molar-refractivity contribution in [2.45, 2.75) is 92.3 Å². The van der Waals surface area contributed by atoms with Gasteiger partial charge < -0.3 is 25.6 Å². The van der Waals surface area contributed by atoms with Crippen LogP contribution in [0, 0.1) is 24.7 Å². The molecule has 0 saturated carbocycles. The summed E-state index contributed by atoms with van der Waals surface area (Å²) >= 11 is 0. The minimum atomic E-state index is -0.689. The molecule has 4 amide bonds. The first kappa shape index (κ1) is 31.1. The number of hydrogen-bond acceptors (Lipinski definition) is 5. The molecule has 0 radical (unpaired) electrons. The van der Waals surface area contributed by atoms with Crippen molar-refractivity contribution in [1.29, 1.82) is 0 Å². The van der Waals surface area contributed by atoms with Gasteiger partial charge in [0.2, 0.25) is 17.7 Å². The SMILES string of the molecule is Cc1ccc(NC(=O)[C@@H](NC(=O)C2CCN(C(=O)[C@H](CC(C)C)NC(=O)OC(C)(C)C)CC2)C(C)C)cc1. The van der Waals surface area contributed by atoms with Crippen LogP contribution < -0.4 is 16.0 Å². The summed E-state index contributed by atoms with van der Waals surface area (Å²) in [5.41, 5.74) is 1.12. The predicted molar refractivity (Wildman–Crippen MR) is 148 cm³/mol. The lowest BCUT2D eigenvalue weighted by Crippen LogP contribution is -2.54. The van der Waals surface area contributed by atoms with Crippen molar-refractivity contribution in [3.63, 3.8) is 0 Å². The summed E-state index contributed by atoms with van der Waals surface area (Å²) < 4.78 is 5.35. The second-order valence-electron chi connectivity index (χ2n) is 12.0. The average Bonchev–Trinajstić information content (AvgIpc) is 2.81. The van der Waals surface area contributed by atoms with Crippen LogP contribution in [0.25, 0.3) is 0 Å². The number of rotatable bonds is 9. The van der Waals surface area contributed by atoms with Crippen molar-refractivity contribution in [1.82, 2.24) is 15.5 Å². The maximum atomic E-state index is 13.3. The molecule has 1 fully saturated rings. The van der Waals surface area contributed by atoms with E-state index in [4.69, 9.17) is 4.74 Å². The second kappa shape index (κ2) is 13.6. The minimum Gasteiger partial charge on any atom is -0.444 e. The number of alkyl carbamates (subject to hydrolysis) is 1. The molecule has 9 nitrogen and oxygen atoms in total. The maximum absolute atomic E-state index is 13.3. The molecule has 2 atom stereocenters. The first-order chi connectivity index (χ1) is 17.7. The highest BCUT2D eigenvalue weighted by molar-refractivity contribution is 5.97. The van der Waals surface area contributed by atoms with Crippen molar-refractivity contribution in [2.75, 3.05) is 18.4 Å². The maximum Gasteiger partial charge on any atom is 0.408 e. The quantitative estimate of drug-likeness (QED) is 0.441. The van der Waals surface area contributed by atoms with Crippen LogP contribution in [-0.4, -0.2) is 59.5 Å². The molecule has 0 unspecified atom stereocenters. The Labute approximate surface area is 227 Å². The van der Waals surface area contributed by atoms with Gasteiger partial charge in [0.15, 0.2) is 0 Å². The average molecular weight is 531 g/mol. The van der Waals surface area contributed by atoms with Crippen molar-refractivity contribution in [3.8, 4) is 0 Å². The number of benzene rings is 1. The van der Waals surface area contributed by atoms with Gasteiger partial charge in [0.25, 0.3) is 0 Å². The van der Waals surface area contributed by atoms with Gasteiger partial charge in [0.1, 0.15) is 17.7 Å². The van der Waals surface area contributed by atoms with Gasteiger partial charge in [0.05, 0.1) is 0 Å². The molecule has 1 aliphatic rings. The highest BCUT2D eigenvalue weighted by Gasteiger charge is 2.34. The molecule has 1 heterocycles. The largest absolute Gasteiger partial charge is 0.444 e. The summed E-state index contributed by atoms with van der Waals surface area (Å²) in [7, 11) is 0. The van der Waals surface area contributed by atoms with Crippen molar-refractivity contribution in [2.24, 2.45) is 17.8 Å². The fraction of sp³-hybridized carbons (Fsp3) is 0.655. The van der Waals surface area contributed by atoms with Crippen molar-refractivity contribution < 1.29 is 23.9 Å². The Morgan fingerprint density at radius 2 is 1.55 bits per heavy atom. The van der Waals surface area contributed by atoms with Crippen LogP contribution in [-0.2, 0) is 19.1 Å². The fourth-order valence-corrected chi connectivity index (χ4v) is 4.39. The van der Waals surface area contributed by atoms with Crippen LogP contribution in [0.1, 0.15) is 73.3 Å². The van der Waals surface area contributed by atoms with E-state index in [0.717, 1.165) is 5.56 Å². The summed E-state index contributed by atoms with van der Waals surface area (Å²) in [4.78, 5) is 53.3. The molecule has 1 saturated heterocycles.